The Morgan fingerprint density at radius 1 is 0.780 bits per heavy atom. The van der Waals surface area contributed by atoms with Gasteiger partial charge >= 0.3 is 40.5 Å². The molecular formula is C23H22BF9O7S. The molecule has 18 heteroatoms. The first kappa shape index (κ1) is 34.1. The van der Waals surface area contributed by atoms with E-state index in [0.29, 0.717) is 22.5 Å². The van der Waals surface area contributed by atoms with E-state index in [2.05, 4.69) is 4.18 Å². The van der Waals surface area contributed by atoms with Crippen LogP contribution in [0.2, 0.25) is 0 Å². The molecular weight excluding hydrogens is 602 g/mol. The fourth-order valence-electron chi connectivity index (χ4n) is 3.32. The highest BCUT2D eigenvalue weighted by atomic mass is 32.2. The Balaban J connectivity index is 0.000000446. The first-order valence-electron chi connectivity index (χ1n) is 11.2. The summed E-state index contributed by atoms with van der Waals surface area (Å²) >= 11 is 0. The maximum Gasteiger partial charge on any atom is 0.488 e. The Hall–Kier alpha value is -3.12. The van der Waals surface area contributed by atoms with Crippen LogP contribution >= 0.6 is 0 Å². The van der Waals surface area contributed by atoms with Crippen molar-refractivity contribution in [3.8, 4) is 11.5 Å². The van der Waals surface area contributed by atoms with Crippen molar-refractivity contribution in [3.63, 3.8) is 0 Å². The molecule has 1 aliphatic rings. The van der Waals surface area contributed by atoms with Crippen LogP contribution < -0.4 is 14.9 Å². The highest BCUT2D eigenvalue weighted by Crippen LogP contribution is 2.55. The van der Waals surface area contributed by atoms with Gasteiger partial charge in [-0.1, -0.05) is 18.2 Å². The fraction of sp³-hybridized carbons (Fsp3) is 0.391. The van der Waals surface area contributed by atoms with Crippen molar-refractivity contribution in [2.45, 2.75) is 42.5 Å². The molecule has 3 rings (SSSR count). The first-order chi connectivity index (χ1) is 18.7. The summed E-state index contributed by atoms with van der Waals surface area (Å²) < 4.78 is 154. The van der Waals surface area contributed by atoms with Crippen molar-refractivity contribution < 1.29 is 71.6 Å². The third-order valence-corrected chi connectivity index (χ3v) is 6.91. The average molecular weight is 624 g/mol. The van der Waals surface area contributed by atoms with Crippen LogP contribution in [0.3, 0.4) is 0 Å². The number of fused-ring (bicyclic) bond motifs is 1. The molecule has 41 heavy (non-hydrogen) atoms. The summed E-state index contributed by atoms with van der Waals surface area (Å²) in [5, 5.41) is 10.5. The molecule has 2 N–H and O–H groups in total. The number of hydrogen-bond acceptors (Lipinski definition) is 7. The molecule has 1 aliphatic carbocycles. The largest absolute Gasteiger partial charge is 0.497 e. The summed E-state index contributed by atoms with van der Waals surface area (Å²) in [7, 11) is -5.43. The van der Waals surface area contributed by atoms with Gasteiger partial charge in [0.1, 0.15) is 17.3 Å². The zero-order chi connectivity index (χ0) is 31.4. The number of methoxy groups -OCH3 is 2. The molecule has 0 bridgehead atoms. The SMILES string of the molecule is COc1ccc(B(O)O)cc1.COc1ccc2c(c1)CCCC(OS(=O)(=O)C(F)(F)C(F)(F)C(F)(F)C(F)(F)F)=C2. The van der Waals surface area contributed by atoms with Gasteiger partial charge < -0.3 is 23.7 Å². The number of aryl methyl sites for hydroxylation is 1. The van der Waals surface area contributed by atoms with Crippen LogP contribution in [0.5, 0.6) is 11.5 Å². The van der Waals surface area contributed by atoms with E-state index >= 15 is 0 Å². The van der Waals surface area contributed by atoms with Crippen LogP contribution in [0.1, 0.15) is 24.0 Å². The number of benzene rings is 2. The van der Waals surface area contributed by atoms with E-state index in [1.54, 1.807) is 31.4 Å². The Labute approximate surface area is 228 Å². The van der Waals surface area contributed by atoms with Gasteiger partial charge in [0.25, 0.3) is 0 Å². The summed E-state index contributed by atoms with van der Waals surface area (Å²) in [5.74, 6) is -14.4. The summed E-state index contributed by atoms with van der Waals surface area (Å²) in [6.07, 6.45) is -6.32. The Bertz CT molecular complexity index is 1330. The van der Waals surface area contributed by atoms with Crippen LogP contribution in [0, 0.1) is 0 Å². The Morgan fingerprint density at radius 3 is 1.80 bits per heavy atom. The maximum absolute atomic E-state index is 13.8. The standard InChI is InChI=1S/C16H13F9O4S.C7H9BO3/c1-28-11-6-5-10-8-12(4-2-3-9(10)7-11)29-30(26,27)16(24,25)14(19,20)13(17,18)15(21,22)23;1-11-7-4-2-6(3-5-7)8(9)10/h5-8H,2-4H2,1H3;2-5,9-10H,1H3. The van der Waals surface area contributed by atoms with Crippen molar-refractivity contribution >= 4 is 28.8 Å². The summed E-state index contributed by atoms with van der Waals surface area (Å²) in [6, 6.07) is 10.8. The summed E-state index contributed by atoms with van der Waals surface area (Å²) in [4.78, 5) is 0. The lowest BCUT2D eigenvalue weighted by Crippen LogP contribution is -2.63. The van der Waals surface area contributed by atoms with E-state index in [9.17, 15) is 47.9 Å². The molecule has 0 aliphatic heterocycles. The van der Waals surface area contributed by atoms with E-state index in [0.717, 1.165) is 6.08 Å². The van der Waals surface area contributed by atoms with Crippen LogP contribution in [-0.2, 0) is 20.7 Å². The van der Waals surface area contributed by atoms with Crippen molar-refractivity contribution in [3.05, 3.63) is 59.4 Å². The molecule has 2 aromatic rings. The smallest absolute Gasteiger partial charge is 0.488 e. The molecule has 0 amide bonds. The van der Waals surface area contributed by atoms with Gasteiger partial charge in [0.2, 0.25) is 0 Å². The van der Waals surface area contributed by atoms with Crippen LogP contribution in [-0.4, -0.2) is 63.1 Å². The molecule has 0 saturated heterocycles. The fourth-order valence-corrected chi connectivity index (χ4v) is 4.28. The molecule has 0 fully saturated rings. The molecule has 0 heterocycles. The second kappa shape index (κ2) is 12.4. The maximum atomic E-state index is 13.8. The second-order valence-corrected chi connectivity index (χ2v) is 9.96. The molecule has 0 spiro atoms. The third kappa shape index (κ3) is 7.21. The first-order valence-corrected chi connectivity index (χ1v) is 12.6. The van der Waals surface area contributed by atoms with E-state index in [1.807, 2.05) is 0 Å². The van der Waals surface area contributed by atoms with Gasteiger partial charge in [0.05, 0.1) is 14.2 Å². The normalized spacial score (nSPS) is 14.5. The van der Waals surface area contributed by atoms with Crippen molar-refractivity contribution in [2.75, 3.05) is 14.2 Å². The number of ether oxygens (including phenoxy) is 2. The molecule has 0 unspecified atom stereocenters. The monoisotopic (exact) mass is 624 g/mol. The second-order valence-electron chi connectivity index (χ2n) is 8.38. The van der Waals surface area contributed by atoms with Gasteiger partial charge in [0.15, 0.2) is 0 Å². The quantitative estimate of drug-likeness (QED) is 0.253. The Kier molecular flexibility index (Phi) is 10.3. The van der Waals surface area contributed by atoms with Gasteiger partial charge in [0, 0.05) is 6.42 Å². The minimum atomic E-state index is -7.35. The van der Waals surface area contributed by atoms with E-state index in [-0.39, 0.29) is 18.4 Å². The lowest BCUT2D eigenvalue weighted by Gasteiger charge is -2.32. The highest BCUT2D eigenvalue weighted by molar-refractivity contribution is 7.88. The zero-order valence-corrected chi connectivity index (χ0v) is 21.9. The van der Waals surface area contributed by atoms with Gasteiger partial charge in [-0.25, -0.2) is 0 Å². The molecule has 0 aromatic heterocycles. The van der Waals surface area contributed by atoms with Crippen LogP contribution in [0.15, 0.2) is 48.2 Å². The van der Waals surface area contributed by atoms with Crippen molar-refractivity contribution in [1.82, 2.24) is 0 Å². The summed E-state index contributed by atoms with van der Waals surface area (Å²) in [6.45, 7) is 0. The minimum Gasteiger partial charge on any atom is -0.497 e. The predicted molar refractivity (Wildman–Crippen MR) is 128 cm³/mol. The van der Waals surface area contributed by atoms with Gasteiger partial charge in [-0.2, -0.15) is 47.9 Å². The number of hydrogen-bond donors (Lipinski definition) is 2. The number of rotatable bonds is 8. The van der Waals surface area contributed by atoms with Crippen LogP contribution in [0.4, 0.5) is 39.5 Å². The molecule has 0 atom stereocenters. The summed E-state index contributed by atoms with van der Waals surface area (Å²) in [5.41, 5.74) is 1.24. The van der Waals surface area contributed by atoms with Crippen LogP contribution in [0.25, 0.3) is 6.08 Å². The van der Waals surface area contributed by atoms with Gasteiger partial charge in [-0.05, 0) is 59.8 Å². The topological polar surface area (TPSA) is 102 Å². The lowest BCUT2D eigenvalue weighted by molar-refractivity contribution is -0.382. The molecule has 0 radical (unpaired) electrons. The predicted octanol–water partition coefficient (Wildman–Crippen LogP) is 4.52. The van der Waals surface area contributed by atoms with E-state index < -0.39 is 52.7 Å². The number of halogens is 9. The molecule has 0 saturated carbocycles. The Morgan fingerprint density at radius 2 is 1.32 bits per heavy atom. The zero-order valence-electron chi connectivity index (χ0n) is 21.1. The average Bonchev–Trinajstić information content (AvgIpc) is 3.08. The number of alkyl halides is 9. The van der Waals surface area contributed by atoms with Crippen molar-refractivity contribution in [2.24, 2.45) is 0 Å². The van der Waals surface area contributed by atoms with E-state index in [4.69, 9.17) is 19.5 Å². The minimum absolute atomic E-state index is 0.0716. The van der Waals surface area contributed by atoms with Crippen molar-refractivity contribution in [1.29, 1.82) is 0 Å². The third-order valence-electron chi connectivity index (χ3n) is 5.60. The molecule has 228 valence electrons. The number of allylic oxidation sites excluding steroid dienone is 1. The van der Waals surface area contributed by atoms with Gasteiger partial charge in [-0.15, -0.1) is 0 Å². The van der Waals surface area contributed by atoms with Gasteiger partial charge in [-0.3, -0.25) is 0 Å². The lowest BCUT2D eigenvalue weighted by atomic mass is 9.80. The molecule has 2 aromatic carbocycles. The molecule has 7 nitrogen and oxygen atoms in total. The highest BCUT2D eigenvalue weighted by Gasteiger charge is 2.86. The van der Waals surface area contributed by atoms with E-state index in [1.165, 1.54) is 25.3 Å².